The van der Waals surface area contributed by atoms with Gasteiger partial charge in [0.25, 0.3) is 0 Å². The quantitative estimate of drug-likeness (QED) is 0.537. The Labute approximate surface area is 71.3 Å². The van der Waals surface area contributed by atoms with Crippen LogP contribution in [0.25, 0.3) is 0 Å². The molecule has 11 heavy (non-hydrogen) atoms. The van der Waals surface area contributed by atoms with Gasteiger partial charge < -0.3 is 0 Å². The highest BCUT2D eigenvalue weighted by Crippen LogP contribution is 2.17. The summed E-state index contributed by atoms with van der Waals surface area (Å²) in [6, 6.07) is 0. The molecule has 0 bridgehead atoms. The Morgan fingerprint density at radius 2 is 1.36 bits per heavy atom. The molecule has 0 rings (SSSR count). The molecule has 0 aliphatic heterocycles. The number of hydrogen-bond donors (Lipinski definition) is 0. The van der Waals surface area contributed by atoms with Gasteiger partial charge in [-0.25, -0.2) is 0 Å². The van der Waals surface area contributed by atoms with Crippen molar-refractivity contribution in [3.05, 3.63) is 12.3 Å². The third-order valence-electron chi connectivity index (χ3n) is 2.89. The lowest BCUT2D eigenvalue weighted by Crippen LogP contribution is -2.45. The molecule has 0 heterocycles. The Morgan fingerprint density at radius 1 is 1.00 bits per heavy atom. The SMILES string of the molecule is C=C(CC)[N+](CC)(CC)CC. The topological polar surface area (TPSA) is 0 Å². The minimum atomic E-state index is 1.09. The van der Waals surface area contributed by atoms with Crippen LogP contribution < -0.4 is 0 Å². The highest BCUT2D eigenvalue weighted by atomic mass is 15.3. The molecule has 0 amide bonds. The molecule has 66 valence electrons. The second kappa shape index (κ2) is 4.55. The predicted octanol–water partition coefficient (Wildman–Crippen LogP) is 2.79. The minimum Gasteiger partial charge on any atom is -0.296 e. The van der Waals surface area contributed by atoms with Gasteiger partial charge in [-0.15, -0.1) is 0 Å². The number of nitrogens with zero attached hydrogens (tertiary/aromatic N) is 1. The Morgan fingerprint density at radius 3 is 1.45 bits per heavy atom. The van der Waals surface area contributed by atoms with Crippen LogP contribution in [0.4, 0.5) is 0 Å². The van der Waals surface area contributed by atoms with Gasteiger partial charge in [-0.05, 0) is 27.4 Å². The van der Waals surface area contributed by atoms with E-state index in [0.717, 1.165) is 10.9 Å². The van der Waals surface area contributed by atoms with E-state index >= 15 is 0 Å². The van der Waals surface area contributed by atoms with Crippen LogP contribution in [0.2, 0.25) is 0 Å². The molecular formula is C10H22N+. The average molecular weight is 156 g/mol. The monoisotopic (exact) mass is 156 g/mol. The normalized spacial score (nSPS) is 11.6. The van der Waals surface area contributed by atoms with E-state index in [1.165, 1.54) is 25.3 Å². The predicted molar refractivity (Wildman–Crippen MR) is 51.3 cm³/mol. The fraction of sp³-hybridized carbons (Fsp3) is 0.800. The molecule has 0 saturated heterocycles. The van der Waals surface area contributed by atoms with Crippen LogP contribution in [-0.4, -0.2) is 24.1 Å². The minimum absolute atomic E-state index is 1.09. The van der Waals surface area contributed by atoms with E-state index in [2.05, 4.69) is 34.3 Å². The molecule has 0 atom stereocenters. The van der Waals surface area contributed by atoms with Gasteiger partial charge in [-0.2, -0.15) is 0 Å². The third-order valence-corrected chi connectivity index (χ3v) is 2.89. The smallest absolute Gasteiger partial charge is 0.101 e. The molecule has 0 saturated carbocycles. The Hall–Kier alpha value is -0.300. The van der Waals surface area contributed by atoms with Crippen molar-refractivity contribution in [2.75, 3.05) is 19.6 Å². The Kier molecular flexibility index (Phi) is 4.43. The van der Waals surface area contributed by atoms with Gasteiger partial charge in [-0.3, -0.25) is 4.48 Å². The summed E-state index contributed by atoms with van der Waals surface area (Å²) in [7, 11) is 0. The molecule has 1 heteroatoms. The summed E-state index contributed by atoms with van der Waals surface area (Å²) in [5.41, 5.74) is 1.37. The van der Waals surface area contributed by atoms with Crippen molar-refractivity contribution < 1.29 is 4.48 Å². The maximum Gasteiger partial charge on any atom is 0.101 e. The molecule has 0 aliphatic rings. The van der Waals surface area contributed by atoms with Gasteiger partial charge in [-0.1, -0.05) is 6.92 Å². The summed E-state index contributed by atoms with van der Waals surface area (Å²) in [6.07, 6.45) is 1.11. The molecule has 1 nitrogen and oxygen atoms in total. The molecule has 0 aromatic carbocycles. The van der Waals surface area contributed by atoms with E-state index in [-0.39, 0.29) is 0 Å². The van der Waals surface area contributed by atoms with Gasteiger partial charge in [0.05, 0.1) is 19.6 Å². The first-order valence-corrected chi connectivity index (χ1v) is 4.71. The van der Waals surface area contributed by atoms with Crippen LogP contribution in [0, 0.1) is 0 Å². The number of rotatable bonds is 5. The van der Waals surface area contributed by atoms with Crippen LogP contribution in [0.15, 0.2) is 12.3 Å². The largest absolute Gasteiger partial charge is 0.296 e. The second-order valence-electron chi connectivity index (χ2n) is 3.01. The summed E-state index contributed by atoms with van der Waals surface area (Å²) in [5.74, 6) is 0. The molecule has 0 aliphatic carbocycles. The standard InChI is InChI=1S/C10H22N/c1-6-10(5)11(7-2,8-3)9-4/h5-9H2,1-4H3/q+1. The fourth-order valence-electron chi connectivity index (χ4n) is 1.68. The summed E-state index contributed by atoms with van der Waals surface area (Å²) in [5, 5.41) is 0. The highest BCUT2D eigenvalue weighted by Gasteiger charge is 2.23. The van der Waals surface area contributed by atoms with Crippen molar-refractivity contribution in [3.8, 4) is 0 Å². The van der Waals surface area contributed by atoms with Crippen molar-refractivity contribution in [1.29, 1.82) is 0 Å². The van der Waals surface area contributed by atoms with E-state index < -0.39 is 0 Å². The van der Waals surface area contributed by atoms with Crippen LogP contribution in [-0.2, 0) is 0 Å². The van der Waals surface area contributed by atoms with Crippen LogP contribution >= 0.6 is 0 Å². The molecule has 0 radical (unpaired) electrons. The van der Waals surface area contributed by atoms with Crippen molar-refractivity contribution >= 4 is 0 Å². The van der Waals surface area contributed by atoms with E-state index in [4.69, 9.17) is 0 Å². The maximum absolute atomic E-state index is 4.13. The highest BCUT2D eigenvalue weighted by molar-refractivity contribution is 4.81. The molecular weight excluding hydrogens is 134 g/mol. The summed E-state index contributed by atoms with van der Waals surface area (Å²) in [4.78, 5) is 0. The van der Waals surface area contributed by atoms with E-state index in [0.29, 0.717) is 0 Å². The van der Waals surface area contributed by atoms with Crippen LogP contribution in [0.1, 0.15) is 34.1 Å². The fourth-order valence-corrected chi connectivity index (χ4v) is 1.68. The van der Waals surface area contributed by atoms with Gasteiger partial charge in [0.15, 0.2) is 0 Å². The molecule has 0 aromatic heterocycles. The zero-order valence-electron chi connectivity index (χ0n) is 8.48. The van der Waals surface area contributed by atoms with E-state index in [9.17, 15) is 0 Å². The molecule has 0 spiro atoms. The van der Waals surface area contributed by atoms with Crippen molar-refractivity contribution in [2.45, 2.75) is 34.1 Å². The van der Waals surface area contributed by atoms with Crippen molar-refractivity contribution in [3.63, 3.8) is 0 Å². The first kappa shape index (κ1) is 10.7. The summed E-state index contributed by atoms with van der Waals surface area (Å²) in [6.45, 7) is 16.6. The van der Waals surface area contributed by atoms with Gasteiger partial charge >= 0.3 is 0 Å². The van der Waals surface area contributed by atoms with Crippen molar-refractivity contribution in [2.24, 2.45) is 0 Å². The van der Waals surface area contributed by atoms with Gasteiger partial charge in [0.1, 0.15) is 5.70 Å². The summed E-state index contributed by atoms with van der Waals surface area (Å²) >= 11 is 0. The number of hydrogen-bond acceptors (Lipinski definition) is 0. The zero-order valence-corrected chi connectivity index (χ0v) is 8.48. The van der Waals surface area contributed by atoms with Gasteiger partial charge in [0.2, 0.25) is 0 Å². The van der Waals surface area contributed by atoms with Crippen LogP contribution in [0.5, 0.6) is 0 Å². The average Bonchev–Trinajstić information content (AvgIpc) is 2.08. The number of allylic oxidation sites excluding steroid dienone is 1. The first-order valence-electron chi connectivity index (χ1n) is 4.71. The summed E-state index contributed by atoms with van der Waals surface area (Å²) < 4.78 is 1.09. The lowest BCUT2D eigenvalue weighted by molar-refractivity contribution is -0.887. The third kappa shape index (κ3) is 2.06. The van der Waals surface area contributed by atoms with E-state index in [1.54, 1.807) is 0 Å². The Bertz CT molecular complexity index is 115. The van der Waals surface area contributed by atoms with E-state index in [1.807, 2.05) is 0 Å². The number of quaternary nitrogens is 1. The zero-order chi connectivity index (χ0) is 8.91. The maximum atomic E-state index is 4.13. The van der Waals surface area contributed by atoms with Gasteiger partial charge in [0, 0.05) is 6.42 Å². The van der Waals surface area contributed by atoms with Crippen molar-refractivity contribution in [1.82, 2.24) is 0 Å². The molecule has 0 fully saturated rings. The lowest BCUT2D eigenvalue weighted by Gasteiger charge is -2.36. The molecule has 0 N–H and O–H groups in total. The molecule has 0 unspecified atom stereocenters. The molecule has 0 aromatic rings. The lowest BCUT2D eigenvalue weighted by atomic mass is 10.2. The van der Waals surface area contributed by atoms with Crippen LogP contribution in [0.3, 0.4) is 0 Å². The second-order valence-corrected chi connectivity index (χ2v) is 3.01. The Balaban J connectivity index is 4.39. The first-order chi connectivity index (χ1) is 5.16.